The van der Waals surface area contributed by atoms with Crippen molar-refractivity contribution >= 4 is 5.91 Å². The van der Waals surface area contributed by atoms with Crippen LogP contribution in [0, 0.1) is 11.3 Å². The largest absolute Gasteiger partial charge is 0.409 e. The molecule has 6 heteroatoms. The van der Waals surface area contributed by atoms with Gasteiger partial charge in [0.15, 0.2) is 0 Å². The van der Waals surface area contributed by atoms with E-state index in [2.05, 4.69) is 5.32 Å². The number of alkyl halides is 3. The summed E-state index contributed by atoms with van der Waals surface area (Å²) in [6, 6.07) is -1.83. The van der Waals surface area contributed by atoms with Crippen LogP contribution in [0.1, 0.15) is 40.0 Å². The molecule has 0 radical (unpaired) electrons. The van der Waals surface area contributed by atoms with Gasteiger partial charge in [-0.3, -0.25) is 4.79 Å². The van der Waals surface area contributed by atoms with Crippen LogP contribution in [0.15, 0.2) is 0 Å². The Kier molecular flexibility index (Phi) is 3.58. The first kappa shape index (κ1) is 14.6. The molecule has 0 aliphatic carbocycles. The maximum absolute atomic E-state index is 13.0. The third-order valence-electron chi connectivity index (χ3n) is 3.92. The van der Waals surface area contributed by atoms with Gasteiger partial charge in [-0.25, -0.2) is 0 Å². The van der Waals surface area contributed by atoms with Gasteiger partial charge in [-0.2, -0.15) is 13.2 Å². The topological polar surface area (TPSA) is 38.3 Å². The van der Waals surface area contributed by atoms with Gasteiger partial charge in [0, 0.05) is 0 Å². The molecule has 4 atom stereocenters. The lowest BCUT2D eigenvalue weighted by atomic mass is 9.84. The highest BCUT2D eigenvalue weighted by Crippen LogP contribution is 2.40. The van der Waals surface area contributed by atoms with Crippen molar-refractivity contribution in [2.75, 3.05) is 0 Å². The van der Waals surface area contributed by atoms with Crippen molar-refractivity contribution < 1.29 is 22.7 Å². The molecule has 0 aromatic carbocycles. The molecule has 0 aromatic rings. The second-order valence-electron chi connectivity index (χ2n) is 6.57. The summed E-state index contributed by atoms with van der Waals surface area (Å²) >= 11 is 0. The molecule has 0 spiro atoms. The van der Waals surface area contributed by atoms with Crippen LogP contribution in [0.4, 0.5) is 13.2 Å². The van der Waals surface area contributed by atoms with Crippen molar-refractivity contribution in [3.8, 4) is 0 Å². The fourth-order valence-electron chi connectivity index (χ4n) is 2.95. The van der Waals surface area contributed by atoms with Gasteiger partial charge in [-0.05, 0) is 24.7 Å². The minimum atomic E-state index is -4.44. The number of amides is 1. The quantitative estimate of drug-likeness (QED) is 0.844. The summed E-state index contributed by atoms with van der Waals surface area (Å²) in [5.41, 5.74) is -1.06. The standard InChI is InChI=1S/C13H20F3NO2/c1-12(2,3)11(13(14,15)16)17-10(18)8-6-7-4-5-9(8)19-7/h7-9,11H,4-6H2,1-3H3,(H,17,18)/t7-,8-,9-,11-/m1/s1. The monoisotopic (exact) mass is 279 g/mol. The van der Waals surface area contributed by atoms with Gasteiger partial charge in [0.1, 0.15) is 6.04 Å². The Labute approximate surface area is 110 Å². The molecule has 3 nitrogen and oxygen atoms in total. The SMILES string of the molecule is CC(C)(C)[C@@H](NC(=O)[C@@H]1C[C@H]2CC[C@H]1O2)C(F)(F)F. The molecule has 0 unspecified atom stereocenters. The Morgan fingerprint density at radius 3 is 2.26 bits per heavy atom. The van der Waals surface area contributed by atoms with E-state index in [1.807, 2.05) is 0 Å². The predicted molar refractivity (Wildman–Crippen MR) is 63.4 cm³/mol. The maximum Gasteiger partial charge on any atom is 0.409 e. The lowest BCUT2D eigenvalue weighted by Crippen LogP contribution is -2.55. The zero-order valence-electron chi connectivity index (χ0n) is 11.4. The number of rotatable bonds is 2. The first-order chi connectivity index (χ1) is 8.59. The highest BCUT2D eigenvalue weighted by Gasteiger charge is 2.50. The summed E-state index contributed by atoms with van der Waals surface area (Å²) in [6.07, 6.45) is -2.35. The Bertz CT molecular complexity index is 348. The number of fused-ring (bicyclic) bond motifs is 2. The third kappa shape index (κ3) is 3.04. The number of hydrogen-bond donors (Lipinski definition) is 1. The molecule has 0 aromatic heterocycles. The minimum Gasteiger partial charge on any atom is -0.374 e. The number of halogens is 3. The third-order valence-corrected chi connectivity index (χ3v) is 3.92. The van der Waals surface area contributed by atoms with Crippen molar-refractivity contribution in [1.29, 1.82) is 0 Å². The first-order valence-corrected chi connectivity index (χ1v) is 6.61. The average molecular weight is 279 g/mol. The van der Waals surface area contributed by atoms with Gasteiger partial charge in [-0.1, -0.05) is 20.8 Å². The van der Waals surface area contributed by atoms with E-state index in [9.17, 15) is 18.0 Å². The van der Waals surface area contributed by atoms with Crippen LogP contribution in [0.25, 0.3) is 0 Å². The predicted octanol–water partition coefficient (Wildman–Crippen LogP) is 2.65. The van der Waals surface area contributed by atoms with Crippen molar-refractivity contribution in [2.24, 2.45) is 11.3 Å². The van der Waals surface area contributed by atoms with Crippen LogP contribution < -0.4 is 5.32 Å². The summed E-state index contributed by atoms with van der Waals surface area (Å²) in [5, 5.41) is 2.18. The second-order valence-corrected chi connectivity index (χ2v) is 6.57. The van der Waals surface area contributed by atoms with E-state index in [0.717, 1.165) is 12.8 Å². The molecular weight excluding hydrogens is 259 g/mol. The van der Waals surface area contributed by atoms with E-state index in [4.69, 9.17) is 4.74 Å². The number of carbonyl (C=O) groups excluding carboxylic acids is 1. The van der Waals surface area contributed by atoms with Crippen molar-refractivity contribution in [3.05, 3.63) is 0 Å². The highest BCUT2D eigenvalue weighted by molar-refractivity contribution is 5.80. The summed E-state index contributed by atoms with van der Waals surface area (Å²) in [4.78, 5) is 12.0. The normalized spacial score (nSPS) is 32.4. The fraction of sp³-hybridized carbons (Fsp3) is 0.923. The van der Waals surface area contributed by atoms with Gasteiger partial charge >= 0.3 is 6.18 Å². The molecule has 2 saturated heterocycles. The molecule has 2 bridgehead atoms. The smallest absolute Gasteiger partial charge is 0.374 e. The Balaban J connectivity index is 2.04. The van der Waals surface area contributed by atoms with E-state index in [0.29, 0.717) is 6.42 Å². The average Bonchev–Trinajstić information content (AvgIpc) is 2.83. The van der Waals surface area contributed by atoms with Crippen LogP contribution in [0.5, 0.6) is 0 Å². The number of nitrogens with one attached hydrogen (secondary N) is 1. The number of carbonyl (C=O) groups is 1. The van der Waals surface area contributed by atoms with Gasteiger partial charge in [-0.15, -0.1) is 0 Å². The summed E-state index contributed by atoms with van der Waals surface area (Å²) in [6.45, 7) is 4.42. The van der Waals surface area contributed by atoms with Crippen molar-refractivity contribution in [3.63, 3.8) is 0 Å². The molecule has 2 aliphatic heterocycles. The molecule has 1 N–H and O–H groups in total. The lowest BCUT2D eigenvalue weighted by Gasteiger charge is -2.34. The molecule has 2 heterocycles. The zero-order chi connectivity index (χ0) is 14.4. The molecule has 2 aliphatic rings. The molecule has 19 heavy (non-hydrogen) atoms. The molecule has 110 valence electrons. The van der Waals surface area contributed by atoms with E-state index in [1.165, 1.54) is 20.8 Å². The van der Waals surface area contributed by atoms with Gasteiger partial charge in [0.2, 0.25) is 5.91 Å². The Morgan fingerprint density at radius 1 is 1.26 bits per heavy atom. The van der Waals surface area contributed by atoms with E-state index < -0.39 is 29.5 Å². The highest BCUT2D eigenvalue weighted by atomic mass is 19.4. The summed E-state index contributed by atoms with van der Waals surface area (Å²) < 4.78 is 44.5. The summed E-state index contributed by atoms with van der Waals surface area (Å²) in [5.74, 6) is -0.949. The minimum absolute atomic E-state index is 0.0553. The fourth-order valence-corrected chi connectivity index (χ4v) is 2.95. The molecule has 2 fully saturated rings. The van der Waals surface area contributed by atoms with E-state index in [-0.39, 0.29) is 12.2 Å². The van der Waals surface area contributed by atoms with Crippen LogP contribution in [-0.2, 0) is 9.53 Å². The van der Waals surface area contributed by atoms with Crippen LogP contribution in [0.3, 0.4) is 0 Å². The van der Waals surface area contributed by atoms with E-state index in [1.54, 1.807) is 0 Å². The molecule has 0 saturated carbocycles. The van der Waals surface area contributed by atoms with Crippen molar-refractivity contribution in [1.82, 2.24) is 5.32 Å². The van der Waals surface area contributed by atoms with Crippen LogP contribution >= 0.6 is 0 Å². The van der Waals surface area contributed by atoms with Crippen molar-refractivity contribution in [2.45, 2.75) is 64.5 Å². The van der Waals surface area contributed by atoms with Crippen LogP contribution in [-0.4, -0.2) is 30.3 Å². The van der Waals surface area contributed by atoms with Gasteiger partial charge in [0.05, 0.1) is 18.1 Å². The number of ether oxygens (including phenoxy) is 1. The molecule has 2 rings (SSSR count). The Hall–Kier alpha value is -0.780. The van der Waals surface area contributed by atoms with Crippen LogP contribution in [0.2, 0.25) is 0 Å². The van der Waals surface area contributed by atoms with Gasteiger partial charge < -0.3 is 10.1 Å². The second kappa shape index (κ2) is 4.65. The maximum atomic E-state index is 13.0. The zero-order valence-corrected chi connectivity index (χ0v) is 11.4. The summed E-state index contributed by atoms with van der Waals surface area (Å²) in [7, 11) is 0. The van der Waals surface area contributed by atoms with E-state index >= 15 is 0 Å². The number of hydrogen-bond acceptors (Lipinski definition) is 2. The van der Waals surface area contributed by atoms with Gasteiger partial charge in [0.25, 0.3) is 0 Å². The first-order valence-electron chi connectivity index (χ1n) is 6.61. The lowest BCUT2D eigenvalue weighted by molar-refractivity contribution is -0.182. The molecular formula is C13H20F3NO2. The molecule has 1 amide bonds. The Morgan fingerprint density at radius 2 is 1.89 bits per heavy atom.